The van der Waals surface area contributed by atoms with Crippen molar-refractivity contribution in [2.24, 2.45) is 0 Å². The summed E-state index contributed by atoms with van der Waals surface area (Å²) in [6.45, 7) is 5.94. The molecule has 176 valence electrons. The van der Waals surface area contributed by atoms with Crippen molar-refractivity contribution < 1.29 is 14.4 Å². The van der Waals surface area contributed by atoms with Gasteiger partial charge in [-0.05, 0) is 86.1 Å². The second-order valence-electron chi connectivity index (χ2n) is 8.75. The van der Waals surface area contributed by atoms with E-state index < -0.39 is 17.1 Å². The van der Waals surface area contributed by atoms with E-state index in [9.17, 15) is 14.4 Å². The summed E-state index contributed by atoms with van der Waals surface area (Å²) in [5.74, 6) is -0.968. The van der Waals surface area contributed by atoms with Gasteiger partial charge in [0.25, 0.3) is 11.1 Å². The van der Waals surface area contributed by atoms with Gasteiger partial charge in [-0.3, -0.25) is 19.3 Å². The third kappa shape index (κ3) is 4.80. The lowest BCUT2D eigenvalue weighted by Crippen LogP contribution is -2.42. The Morgan fingerprint density at radius 2 is 1.88 bits per heavy atom. The third-order valence-corrected chi connectivity index (χ3v) is 7.69. The van der Waals surface area contributed by atoms with Crippen LogP contribution in [0.2, 0.25) is 5.02 Å². The first kappa shape index (κ1) is 24.6. The monoisotopic (exact) mass is 559 g/mol. The minimum absolute atomic E-state index is 0.151. The van der Waals surface area contributed by atoms with Gasteiger partial charge < -0.3 is 10.2 Å². The number of nitrogens with one attached hydrogen (secondary N) is 1. The maximum Gasteiger partial charge on any atom is 0.294 e. The lowest BCUT2D eigenvalue weighted by Gasteiger charge is -2.40. The number of imide groups is 1. The predicted octanol–water partition coefficient (Wildman–Crippen LogP) is 6.41. The molecule has 0 unspecified atom stereocenters. The Bertz CT molecular complexity index is 1270. The van der Waals surface area contributed by atoms with Gasteiger partial charge in [-0.1, -0.05) is 33.6 Å². The number of rotatable bonds is 4. The molecular formula is C25H23BrClN3O3S. The molecule has 0 atom stereocenters. The maximum absolute atomic E-state index is 12.9. The molecular weight excluding hydrogens is 538 g/mol. The van der Waals surface area contributed by atoms with Crippen molar-refractivity contribution in [2.45, 2.75) is 26.3 Å². The van der Waals surface area contributed by atoms with Crippen molar-refractivity contribution in [3.05, 3.63) is 68.0 Å². The number of hydrogen-bond acceptors (Lipinski definition) is 5. The first-order valence-corrected chi connectivity index (χ1v) is 12.5. The smallest absolute Gasteiger partial charge is 0.294 e. The summed E-state index contributed by atoms with van der Waals surface area (Å²) in [7, 11) is 2.02. The van der Waals surface area contributed by atoms with Crippen molar-refractivity contribution in [3.8, 4) is 0 Å². The second kappa shape index (κ2) is 9.24. The molecule has 9 heteroatoms. The summed E-state index contributed by atoms with van der Waals surface area (Å²) in [6.07, 6.45) is 3.80. The Morgan fingerprint density at radius 1 is 1.21 bits per heavy atom. The van der Waals surface area contributed by atoms with Gasteiger partial charge in [-0.2, -0.15) is 0 Å². The molecule has 0 aliphatic carbocycles. The van der Waals surface area contributed by atoms with E-state index in [0.29, 0.717) is 16.3 Å². The van der Waals surface area contributed by atoms with Crippen LogP contribution in [-0.2, 0) is 9.59 Å². The number of thioether (sulfide) groups is 1. The lowest BCUT2D eigenvalue weighted by molar-refractivity contribution is -0.127. The van der Waals surface area contributed by atoms with E-state index in [1.54, 1.807) is 30.3 Å². The van der Waals surface area contributed by atoms with Gasteiger partial charge in [-0.15, -0.1) is 0 Å². The standard InChI is InChI=1S/C25H23BrClN3O3S/c1-14-12-25(2,3)29(4)20-11-19(27)15(9-18(14)20)10-21-23(32)30(24(33)34-21)13-22(31)28-17-7-5-16(26)6-8-17/h5-12H,13H2,1-4H3,(H,28,31)/b21-10-. The molecule has 2 heterocycles. The van der Waals surface area contributed by atoms with Gasteiger partial charge in [0.2, 0.25) is 5.91 Å². The molecule has 4 rings (SSSR count). The van der Waals surface area contributed by atoms with Crippen molar-refractivity contribution in [2.75, 3.05) is 23.8 Å². The molecule has 34 heavy (non-hydrogen) atoms. The quantitative estimate of drug-likeness (QED) is 0.438. The third-order valence-electron chi connectivity index (χ3n) is 5.93. The van der Waals surface area contributed by atoms with Crippen molar-refractivity contribution in [1.29, 1.82) is 0 Å². The zero-order valence-corrected chi connectivity index (χ0v) is 22.3. The van der Waals surface area contributed by atoms with Crippen LogP contribution in [0.4, 0.5) is 16.2 Å². The van der Waals surface area contributed by atoms with E-state index in [1.807, 2.05) is 26.1 Å². The molecule has 0 saturated carbocycles. The lowest BCUT2D eigenvalue weighted by atomic mass is 9.88. The summed E-state index contributed by atoms with van der Waals surface area (Å²) in [4.78, 5) is 41.2. The van der Waals surface area contributed by atoms with Crippen LogP contribution in [0, 0.1) is 0 Å². The van der Waals surface area contributed by atoms with E-state index in [-0.39, 0.29) is 17.0 Å². The SMILES string of the molecule is CC1=CC(C)(C)N(C)c2cc(Cl)c(/C=C3\SC(=O)N(CC(=O)Nc4ccc(Br)cc4)C3=O)cc21. The van der Waals surface area contributed by atoms with Crippen LogP contribution >= 0.6 is 39.3 Å². The van der Waals surface area contributed by atoms with E-state index in [4.69, 9.17) is 11.6 Å². The number of carbonyl (C=O) groups is 3. The number of hydrogen-bond donors (Lipinski definition) is 1. The molecule has 0 bridgehead atoms. The first-order valence-electron chi connectivity index (χ1n) is 10.5. The summed E-state index contributed by atoms with van der Waals surface area (Å²) in [5, 5.41) is 2.68. The minimum atomic E-state index is -0.514. The second-order valence-corrected chi connectivity index (χ2v) is 11.1. The fraction of sp³-hybridized carbons (Fsp3) is 0.240. The number of fused-ring (bicyclic) bond motifs is 1. The molecule has 1 saturated heterocycles. The number of allylic oxidation sites excluding steroid dienone is 1. The number of carbonyl (C=O) groups excluding carboxylic acids is 3. The minimum Gasteiger partial charge on any atom is -0.365 e. The van der Waals surface area contributed by atoms with Gasteiger partial charge >= 0.3 is 0 Å². The molecule has 1 N–H and O–H groups in total. The highest BCUT2D eigenvalue weighted by molar-refractivity contribution is 9.10. The predicted molar refractivity (Wildman–Crippen MR) is 143 cm³/mol. The van der Waals surface area contributed by atoms with Gasteiger partial charge in [0.15, 0.2) is 0 Å². The molecule has 2 aromatic rings. The molecule has 2 aromatic carbocycles. The number of benzene rings is 2. The highest BCUT2D eigenvalue weighted by Gasteiger charge is 2.37. The Hall–Kier alpha value is -2.55. The maximum atomic E-state index is 12.9. The Balaban J connectivity index is 1.55. The van der Waals surface area contributed by atoms with Crippen LogP contribution in [0.1, 0.15) is 31.9 Å². The van der Waals surface area contributed by atoms with E-state index in [2.05, 4.69) is 46.1 Å². The fourth-order valence-electron chi connectivity index (χ4n) is 3.95. The van der Waals surface area contributed by atoms with Crippen molar-refractivity contribution in [1.82, 2.24) is 4.90 Å². The van der Waals surface area contributed by atoms with Crippen LogP contribution in [0.15, 0.2) is 51.9 Å². The molecule has 3 amide bonds. The summed E-state index contributed by atoms with van der Waals surface area (Å²) in [6, 6.07) is 10.8. The van der Waals surface area contributed by atoms with Gasteiger partial charge in [0, 0.05) is 33.5 Å². The number of anilines is 2. The van der Waals surface area contributed by atoms with Crippen LogP contribution < -0.4 is 10.2 Å². The summed E-state index contributed by atoms with van der Waals surface area (Å²) in [5.41, 5.74) is 4.21. The topological polar surface area (TPSA) is 69.7 Å². The number of halogens is 2. The summed E-state index contributed by atoms with van der Waals surface area (Å²) < 4.78 is 0.878. The Labute approximate surface area is 216 Å². The molecule has 0 aromatic heterocycles. The average molecular weight is 561 g/mol. The molecule has 0 radical (unpaired) electrons. The van der Waals surface area contributed by atoms with Gasteiger partial charge in [0.1, 0.15) is 6.54 Å². The highest BCUT2D eigenvalue weighted by atomic mass is 79.9. The van der Waals surface area contributed by atoms with E-state index in [1.165, 1.54) is 0 Å². The van der Waals surface area contributed by atoms with Crippen LogP contribution in [0.5, 0.6) is 0 Å². The van der Waals surface area contributed by atoms with Crippen LogP contribution in [0.25, 0.3) is 11.6 Å². The number of likely N-dealkylation sites (N-methyl/N-ethyl adjacent to an activating group) is 1. The van der Waals surface area contributed by atoms with Crippen LogP contribution in [-0.4, -0.2) is 41.1 Å². The zero-order chi connectivity index (χ0) is 24.8. The average Bonchev–Trinajstić information content (AvgIpc) is 3.02. The summed E-state index contributed by atoms with van der Waals surface area (Å²) >= 11 is 10.7. The molecule has 0 spiro atoms. The fourth-order valence-corrected chi connectivity index (χ4v) is 5.26. The normalized spacial score (nSPS) is 18.3. The Morgan fingerprint density at radius 3 is 2.56 bits per heavy atom. The largest absolute Gasteiger partial charge is 0.365 e. The van der Waals surface area contributed by atoms with E-state index in [0.717, 1.165) is 38.0 Å². The molecule has 2 aliphatic rings. The molecule has 6 nitrogen and oxygen atoms in total. The highest BCUT2D eigenvalue weighted by Crippen LogP contribution is 2.42. The Kier molecular flexibility index (Phi) is 6.68. The number of nitrogens with zero attached hydrogens (tertiary/aromatic N) is 2. The van der Waals surface area contributed by atoms with Crippen molar-refractivity contribution in [3.63, 3.8) is 0 Å². The molecule has 2 aliphatic heterocycles. The van der Waals surface area contributed by atoms with E-state index >= 15 is 0 Å². The molecule has 1 fully saturated rings. The van der Waals surface area contributed by atoms with Gasteiger partial charge in [0.05, 0.1) is 10.4 Å². The zero-order valence-electron chi connectivity index (χ0n) is 19.1. The van der Waals surface area contributed by atoms with Crippen molar-refractivity contribution >= 4 is 79.4 Å². The van der Waals surface area contributed by atoms with Gasteiger partial charge in [-0.25, -0.2) is 0 Å². The number of amides is 3. The first-order chi connectivity index (χ1) is 16.0. The van der Waals surface area contributed by atoms with Crippen LogP contribution in [0.3, 0.4) is 0 Å².